The summed E-state index contributed by atoms with van der Waals surface area (Å²) in [5, 5.41) is 0. The van der Waals surface area contributed by atoms with Crippen LogP contribution in [0.2, 0.25) is 0 Å². The molecule has 0 aromatic heterocycles. The molecule has 1 aromatic rings. The molecular formula is C20H29F2NO. The maximum absolute atomic E-state index is 13.4. The molecule has 3 rings (SSSR count). The Kier molecular flexibility index (Phi) is 5.56. The van der Waals surface area contributed by atoms with Crippen LogP contribution in [0.4, 0.5) is 8.78 Å². The van der Waals surface area contributed by atoms with Gasteiger partial charge in [-0.15, -0.1) is 0 Å². The largest absolute Gasteiger partial charge is 0.356 e. The Morgan fingerprint density at radius 2 is 1.79 bits per heavy atom. The van der Waals surface area contributed by atoms with Crippen molar-refractivity contribution in [3.05, 3.63) is 35.9 Å². The van der Waals surface area contributed by atoms with Crippen molar-refractivity contribution in [3.63, 3.8) is 0 Å². The Labute approximate surface area is 144 Å². The molecule has 24 heavy (non-hydrogen) atoms. The van der Waals surface area contributed by atoms with Crippen LogP contribution in [-0.4, -0.2) is 29.6 Å². The number of nitrogens with zero attached hydrogens (tertiary/aromatic N) is 1. The van der Waals surface area contributed by atoms with Crippen molar-refractivity contribution in [2.75, 3.05) is 13.1 Å². The quantitative estimate of drug-likeness (QED) is 0.729. The Hall–Kier alpha value is -1.00. The molecule has 1 atom stereocenters. The second-order valence-corrected chi connectivity index (χ2v) is 7.65. The van der Waals surface area contributed by atoms with Gasteiger partial charge in [0.05, 0.1) is 6.61 Å². The summed E-state index contributed by atoms with van der Waals surface area (Å²) in [6.07, 6.45) is 4.73. The summed E-state index contributed by atoms with van der Waals surface area (Å²) in [7, 11) is 0. The molecule has 0 amide bonds. The minimum Gasteiger partial charge on any atom is -0.356 e. The summed E-state index contributed by atoms with van der Waals surface area (Å²) in [4.78, 5) is 2.41. The lowest BCUT2D eigenvalue weighted by Gasteiger charge is -2.46. The number of likely N-dealkylation sites (tertiary alicyclic amines) is 1. The number of hydrogen-bond acceptors (Lipinski definition) is 2. The van der Waals surface area contributed by atoms with Gasteiger partial charge in [-0.3, -0.25) is 4.90 Å². The van der Waals surface area contributed by atoms with Gasteiger partial charge in [-0.25, -0.2) is 8.78 Å². The van der Waals surface area contributed by atoms with Gasteiger partial charge < -0.3 is 4.74 Å². The van der Waals surface area contributed by atoms with E-state index in [0.717, 1.165) is 19.5 Å². The van der Waals surface area contributed by atoms with Crippen LogP contribution in [0.15, 0.2) is 30.3 Å². The summed E-state index contributed by atoms with van der Waals surface area (Å²) < 4.78 is 33.1. The number of benzene rings is 1. The van der Waals surface area contributed by atoms with Crippen molar-refractivity contribution in [1.29, 1.82) is 0 Å². The zero-order chi connectivity index (χ0) is 17.0. The third kappa shape index (κ3) is 4.54. The molecule has 2 aliphatic rings. The lowest BCUT2D eigenvalue weighted by Crippen LogP contribution is -2.53. The highest BCUT2D eigenvalue weighted by Crippen LogP contribution is 2.38. The molecule has 2 nitrogen and oxygen atoms in total. The van der Waals surface area contributed by atoms with Crippen molar-refractivity contribution < 1.29 is 13.5 Å². The van der Waals surface area contributed by atoms with Gasteiger partial charge in [0.15, 0.2) is 0 Å². The van der Waals surface area contributed by atoms with Gasteiger partial charge >= 0.3 is 0 Å². The van der Waals surface area contributed by atoms with Gasteiger partial charge in [0, 0.05) is 25.9 Å². The van der Waals surface area contributed by atoms with Crippen LogP contribution in [0.1, 0.15) is 57.4 Å². The Morgan fingerprint density at radius 3 is 2.50 bits per heavy atom. The highest BCUT2D eigenvalue weighted by molar-refractivity contribution is 5.13. The van der Waals surface area contributed by atoms with E-state index in [9.17, 15) is 8.78 Å². The van der Waals surface area contributed by atoms with Crippen LogP contribution in [0.5, 0.6) is 0 Å². The minimum atomic E-state index is -2.44. The van der Waals surface area contributed by atoms with E-state index in [1.165, 1.54) is 18.4 Å². The highest BCUT2D eigenvalue weighted by atomic mass is 19.3. The minimum absolute atomic E-state index is 0.0487. The van der Waals surface area contributed by atoms with Crippen molar-refractivity contribution in [3.8, 4) is 0 Å². The molecule has 1 aliphatic heterocycles. The van der Waals surface area contributed by atoms with Gasteiger partial charge in [0.2, 0.25) is 5.92 Å². The molecule has 0 bridgehead atoms. The molecule has 1 aromatic carbocycles. The number of halogens is 2. The fraction of sp³-hybridized carbons (Fsp3) is 0.700. The monoisotopic (exact) mass is 337 g/mol. The summed E-state index contributed by atoms with van der Waals surface area (Å²) in [6, 6.07) is 10.2. The number of piperidine rings is 1. The van der Waals surface area contributed by atoms with E-state index in [2.05, 4.69) is 24.0 Å². The van der Waals surface area contributed by atoms with E-state index in [4.69, 9.17) is 4.74 Å². The maximum Gasteiger partial charge on any atom is 0.248 e. The van der Waals surface area contributed by atoms with Gasteiger partial charge in [0.1, 0.15) is 5.72 Å². The normalized spacial score (nSPS) is 28.8. The summed E-state index contributed by atoms with van der Waals surface area (Å²) in [5.41, 5.74) is 0.912. The molecule has 4 heteroatoms. The van der Waals surface area contributed by atoms with Crippen molar-refractivity contribution >= 4 is 0 Å². The summed E-state index contributed by atoms with van der Waals surface area (Å²) >= 11 is 0. The Morgan fingerprint density at radius 1 is 1.08 bits per heavy atom. The van der Waals surface area contributed by atoms with E-state index >= 15 is 0 Å². The Bertz CT molecular complexity index is 512. The first-order chi connectivity index (χ1) is 11.5. The molecule has 0 N–H and O–H groups in total. The van der Waals surface area contributed by atoms with Crippen LogP contribution < -0.4 is 0 Å². The summed E-state index contributed by atoms with van der Waals surface area (Å²) in [6.45, 7) is 4.68. The molecule has 1 saturated heterocycles. The fourth-order valence-electron chi connectivity index (χ4n) is 4.01. The number of hydrogen-bond donors (Lipinski definition) is 0. The van der Waals surface area contributed by atoms with Crippen molar-refractivity contribution in [2.45, 2.75) is 70.1 Å². The van der Waals surface area contributed by atoms with Gasteiger partial charge in [-0.05, 0) is 50.5 Å². The molecule has 0 spiro atoms. The predicted octanol–water partition coefficient (Wildman–Crippen LogP) is 5.23. The van der Waals surface area contributed by atoms with E-state index < -0.39 is 5.92 Å². The van der Waals surface area contributed by atoms with Crippen LogP contribution in [0.3, 0.4) is 0 Å². The first kappa shape index (κ1) is 17.8. The van der Waals surface area contributed by atoms with Gasteiger partial charge in [-0.2, -0.15) is 0 Å². The molecule has 1 heterocycles. The zero-order valence-electron chi connectivity index (χ0n) is 14.6. The van der Waals surface area contributed by atoms with Crippen LogP contribution >= 0.6 is 0 Å². The number of ether oxygens (including phenoxy) is 1. The second-order valence-electron chi connectivity index (χ2n) is 7.65. The predicted molar refractivity (Wildman–Crippen MR) is 92.0 cm³/mol. The number of rotatable bonds is 5. The smallest absolute Gasteiger partial charge is 0.248 e. The fourth-order valence-corrected chi connectivity index (χ4v) is 4.01. The molecule has 134 valence electrons. The van der Waals surface area contributed by atoms with E-state index in [1.54, 1.807) is 0 Å². The van der Waals surface area contributed by atoms with Crippen LogP contribution in [0.25, 0.3) is 0 Å². The molecule has 1 unspecified atom stereocenters. The zero-order valence-corrected chi connectivity index (χ0v) is 14.6. The average molecular weight is 337 g/mol. The topological polar surface area (TPSA) is 12.5 Å². The maximum atomic E-state index is 13.4. The van der Waals surface area contributed by atoms with Gasteiger partial charge in [0.25, 0.3) is 0 Å². The first-order valence-corrected chi connectivity index (χ1v) is 9.28. The first-order valence-electron chi connectivity index (χ1n) is 9.28. The molecule has 1 aliphatic carbocycles. The van der Waals surface area contributed by atoms with Crippen molar-refractivity contribution in [1.82, 2.24) is 4.90 Å². The Balaban J connectivity index is 1.58. The van der Waals surface area contributed by atoms with E-state index in [0.29, 0.717) is 25.4 Å². The molecule has 2 fully saturated rings. The van der Waals surface area contributed by atoms with E-state index in [-0.39, 0.29) is 18.6 Å². The molecule has 1 saturated carbocycles. The third-order valence-corrected chi connectivity index (χ3v) is 5.70. The highest BCUT2D eigenvalue weighted by Gasteiger charge is 2.39. The molecular weight excluding hydrogens is 308 g/mol. The SMILES string of the molecule is CC1(OCc2ccccc2)CCCCN1CC1CCC(F)(F)CC1. The van der Waals surface area contributed by atoms with Crippen LogP contribution in [-0.2, 0) is 11.3 Å². The van der Waals surface area contributed by atoms with E-state index in [1.807, 2.05) is 18.2 Å². The number of alkyl halides is 2. The lowest BCUT2D eigenvalue weighted by molar-refractivity contribution is -0.177. The second kappa shape index (κ2) is 7.49. The molecule has 0 radical (unpaired) electrons. The van der Waals surface area contributed by atoms with Gasteiger partial charge in [-0.1, -0.05) is 30.3 Å². The lowest BCUT2D eigenvalue weighted by atomic mass is 9.85. The standard InChI is InChI=1S/C20H29F2NO/c1-19(24-16-18-7-3-2-4-8-18)11-5-6-14-23(19)15-17-9-12-20(21,22)13-10-17/h2-4,7-8,17H,5-6,9-16H2,1H3. The van der Waals surface area contributed by atoms with Crippen molar-refractivity contribution in [2.24, 2.45) is 5.92 Å². The average Bonchev–Trinajstić information content (AvgIpc) is 2.58. The van der Waals surface area contributed by atoms with Crippen LogP contribution in [0, 0.1) is 5.92 Å². The third-order valence-electron chi connectivity index (χ3n) is 5.70. The summed E-state index contributed by atoms with van der Waals surface area (Å²) in [5.74, 6) is -2.06.